The van der Waals surface area contributed by atoms with Crippen LogP contribution in [-0.4, -0.2) is 27.2 Å². The van der Waals surface area contributed by atoms with E-state index in [2.05, 4.69) is 6.07 Å². The van der Waals surface area contributed by atoms with Crippen LogP contribution in [0.4, 0.5) is 5.69 Å². The van der Waals surface area contributed by atoms with E-state index in [1.165, 1.54) is 0 Å². The van der Waals surface area contributed by atoms with Crippen molar-refractivity contribution in [3.05, 3.63) is 42.0 Å². The predicted octanol–water partition coefficient (Wildman–Crippen LogP) is 3.60. The summed E-state index contributed by atoms with van der Waals surface area (Å²) in [5.74, 6) is 1.48. The van der Waals surface area contributed by atoms with E-state index in [-0.39, 0.29) is 5.91 Å². The van der Waals surface area contributed by atoms with E-state index in [0.29, 0.717) is 11.3 Å². The largest absolute Gasteiger partial charge is 0.497 e. The maximum Gasteiger partial charge on any atom is 0.258 e. The number of anilines is 1. The van der Waals surface area contributed by atoms with Crippen LogP contribution in [0.15, 0.2) is 36.4 Å². The van der Waals surface area contributed by atoms with Crippen molar-refractivity contribution in [3.8, 4) is 11.5 Å². The minimum absolute atomic E-state index is 0.00108. The summed E-state index contributed by atoms with van der Waals surface area (Å²) in [4.78, 5) is 14.2. The van der Waals surface area contributed by atoms with E-state index >= 15 is 0 Å². The Hall–Kier alpha value is -2.75. The van der Waals surface area contributed by atoms with Crippen LogP contribution in [0.1, 0.15) is 10.4 Å². The second-order valence-electron chi connectivity index (χ2n) is 5.44. The number of hydrogen-bond donors (Lipinski definition) is 0. The van der Waals surface area contributed by atoms with Gasteiger partial charge in [0.05, 0.1) is 25.5 Å². The lowest BCUT2D eigenvalue weighted by atomic mass is 9.98. The molecular formula is C18H15NO3. The fourth-order valence-corrected chi connectivity index (χ4v) is 3.19. The summed E-state index contributed by atoms with van der Waals surface area (Å²) in [7, 11) is 5.07. The number of methoxy groups -OCH3 is 2. The van der Waals surface area contributed by atoms with E-state index in [1.807, 2.05) is 30.3 Å². The van der Waals surface area contributed by atoms with Crippen molar-refractivity contribution in [1.29, 1.82) is 0 Å². The lowest BCUT2D eigenvalue weighted by Crippen LogP contribution is -2.20. The molecule has 0 unspecified atom stereocenters. The molecule has 3 aromatic rings. The lowest BCUT2D eigenvalue weighted by molar-refractivity contribution is 0.0999. The SMILES string of the molecule is COc1ccc2cc3c4c(cc(OC)cc4c2c1)C(=O)N3C. The summed E-state index contributed by atoms with van der Waals surface area (Å²) >= 11 is 0. The van der Waals surface area contributed by atoms with E-state index in [0.717, 1.165) is 33.0 Å². The summed E-state index contributed by atoms with van der Waals surface area (Å²) in [5.41, 5.74) is 1.63. The first-order valence-electron chi connectivity index (χ1n) is 7.04. The molecule has 0 atom stereocenters. The van der Waals surface area contributed by atoms with Gasteiger partial charge in [-0.15, -0.1) is 0 Å². The van der Waals surface area contributed by atoms with Crippen molar-refractivity contribution in [2.45, 2.75) is 0 Å². The molecule has 0 fully saturated rings. The Bertz CT molecular complexity index is 946. The second-order valence-corrected chi connectivity index (χ2v) is 5.44. The summed E-state index contributed by atoms with van der Waals surface area (Å²) in [6, 6.07) is 11.8. The van der Waals surface area contributed by atoms with Crippen molar-refractivity contribution < 1.29 is 14.3 Å². The molecule has 0 bridgehead atoms. The Labute approximate surface area is 127 Å². The van der Waals surface area contributed by atoms with Gasteiger partial charge in [-0.3, -0.25) is 4.79 Å². The van der Waals surface area contributed by atoms with Gasteiger partial charge in [0.15, 0.2) is 0 Å². The summed E-state index contributed by atoms with van der Waals surface area (Å²) in [6.45, 7) is 0. The number of fused-ring (bicyclic) bond motifs is 2. The highest BCUT2D eigenvalue weighted by Gasteiger charge is 2.29. The molecule has 0 spiro atoms. The zero-order valence-electron chi connectivity index (χ0n) is 12.6. The Morgan fingerprint density at radius 3 is 2.36 bits per heavy atom. The average Bonchev–Trinajstić information content (AvgIpc) is 2.80. The van der Waals surface area contributed by atoms with Gasteiger partial charge in [-0.05, 0) is 46.5 Å². The molecule has 4 rings (SSSR count). The van der Waals surface area contributed by atoms with E-state index < -0.39 is 0 Å². The number of carbonyl (C=O) groups excluding carboxylic acids is 1. The highest BCUT2D eigenvalue weighted by Crippen LogP contribution is 2.43. The van der Waals surface area contributed by atoms with Crippen LogP contribution in [0.3, 0.4) is 0 Å². The zero-order valence-corrected chi connectivity index (χ0v) is 12.6. The van der Waals surface area contributed by atoms with Gasteiger partial charge in [0.1, 0.15) is 11.5 Å². The number of carbonyl (C=O) groups is 1. The first-order chi connectivity index (χ1) is 10.6. The second kappa shape index (κ2) is 4.37. The third kappa shape index (κ3) is 1.55. The van der Waals surface area contributed by atoms with Crippen molar-refractivity contribution in [3.63, 3.8) is 0 Å². The number of ether oxygens (including phenoxy) is 2. The van der Waals surface area contributed by atoms with Gasteiger partial charge < -0.3 is 14.4 Å². The van der Waals surface area contributed by atoms with Crippen LogP contribution in [0, 0.1) is 0 Å². The molecule has 0 N–H and O–H groups in total. The average molecular weight is 293 g/mol. The van der Waals surface area contributed by atoms with E-state index in [9.17, 15) is 4.79 Å². The van der Waals surface area contributed by atoms with Gasteiger partial charge in [0.2, 0.25) is 0 Å². The fourth-order valence-electron chi connectivity index (χ4n) is 3.19. The third-order valence-corrected chi connectivity index (χ3v) is 4.34. The molecule has 0 aliphatic carbocycles. The van der Waals surface area contributed by atoms with Gasteiger partial charge in [-0.2, -0.15) is 0 Å². The molecule has 3 aromatic carbocycles. The summed E-state index contributed by atoms with van der Waals surface area (Å²) in [6.07, 6.45) is 0. The Morgan fingerprint density at radius 2 is 1.64 bits per heavy atom. The van der Waals surface area contributed by atoms with Crippen molar-refractivity contribution >= 4 is 33.1 Å². The molecule has 110 valence electrons. The minimum atomic E-state index is 0.00108. The topological polar surface area (TPSA) is 38.8 Å². The monoisotopic (exact) mass is 293 g/mol. The molecule has 0 aromatic heterocycles. The molecular weight excluding hydrogens is 278 g/mol. The van der Waals surface area contributed by atoms with Crippen molar-refractivity contribution in [2.24, 2.45) is 0 Å². The van der Waals surface area contributed by atoms with Crippen LogP contribution in [-0.2, 0) is 0 Å². The van der Waals surface area contributed by atoms with Crippen LogP contribution in [0.5, 0.6) is 11.5 Å². The predicted molar refractivity (Wildman–Crippen MR) is 87.3 cm³/mol. The smallest absolute Gasteiger partial charge is 0.258 e. The summed E-state index contributed by atoms with van der Waals surface area (Å²) in [5, 5.41) is 4.12. The summed E-state index contributed by atoms with van der Waals surface area (Å²) < 4.78 is 10.7. The van der Waals surface area contributed by atoms with Crippen molar-refractivity contribution in [2.75, 3.05) is 26.2 Å². The van der Waals surface area contributed by atoms with Crippen LogP contribution >= 0.6 is 0 Å². The highest BCUT2D eigenvalue weighted by atomic mass is 16.5. The number of rotatable bonds is 2. The molecule has 0 saturated heterocycles. The van der Waals surface area contributed by atoms with Gasteiger partial charge in [0, 0.05) is 12.4 Å². The van der Waals surface area contributed by atoms with Gasteiger partial charge >= 0.3 is 0 Å². The third-order valence-electron chi connectivity index (χ3n) is 4.34. The quantitative estimate of drug-likeness (QED) is 0.678. The minimum Gasteiger partial charge on any atom is -0.497 e. The molecule has 1 aliphatic heterocycles. The van der Waals surface area contributed by atoms with E-state index in [1.54, 1.807) is 26.2 Å². The number of hydrogen-bond acceptors (Lipinski definition) is 3. The van der Waals surface area contributed by atoms with Crippen LogP contribution in [0.25, 0.3) is 21.5 Å². The lowest BCUT2D eigenvalue weighted by Gasteiger charge is -2.12. The maximum absolute atomic E-state index is 12.5. The first-order valence-corrected chi connectivity index (χ1v) is 7.04. The first kappa shape index (κ1) is 13.0. The Balaban J connectivity index is 2.23. The van der Waals surface area contributed by atoms with Gasteiger partial charge in [0.25, 0.3) is 5.91 Å². The molecule has 0 radical (unpaired) electrons. The van der Waals surface area contributed by atoms with Gasteiger partial charge in [-0.25, -0.2) is 0 Å². The molecule has 1 heterocycles. The van der Waals surface area contributed by atoms with Crippen LogP contribution < -0.4 is 14.4 Å². The molecule has 4 heteroatoms. The standard InChI is InChI=1S/C18H15NO3/c1-19-16-6-10-4-5-11(21-2)7-13(10)14-8-12(22-3)9-15(17(14)16)18(19)20/h4-9H,1-3H3. The number of amides is 1. The molecule has 1 aliphatic rings. The van der Waals surface area contributed by atoms with E-state index in [4.69, 9.17) is 9.47 Å². The number of nitrogens with zero attached hydrogens (tertiary/aromatic N) is 1. The number of benzene rings is 3. The van der Waals surface area contributed by atoms with Gasteiger partial charge in [-0.1, -0.05) is 6.07 Å². The molecule has 0 saturated carbocycles. The highest BCUT2D eigenvalue weighted by molar-refractivity contribution is 6.29. The fraction of sp³-hybridized carbons (Fsp3) is 0.167. The molecule has 22 heavy (non-hydrogen) atoms. The van der Waals surface area contributed by atoms with Crippen molar-refractivity contribution in [1.82, 2.24) is 0 Å². The Kier molecular flexibility index (Phi) is 2.57. The van der Waals surface area contributed by atoms with Crippen LogP contribution in [0.2, 0.25) is 0 Å². The zero-order chi connectivity index (χ0) is 15.4. The molecule has 1 amide bonds. The molecule has 4 nitrogen and oxygen atoms in total. The normalized spacial score (nSPS) is 13.2. The Morgan fingerprint density at radius 1 is 0.909 bits per heavy atom. The maximum atomic E-state index is 12.5.